The molecule has 0 aliphatic carbocycles. The van der Waals surface area contributed by atoms with Crippen LogP contribution in [0.2, 0.25) is 0 Å². The summed E-state index contributed by atoms with van der Waals surface area (Å²) in [5.41, 5.74) is 2.69. The number of aryl methyl sites for hydroxylation is 3. The van der Waals surface area contributed by atoms with Gasteiger partial charge in [0.15, 0.2) is 0 Å². The predicted octanol–water partition coefficient (Wildman–Crippen LogP) is 2.28. The maximum absolute atomic E-state index is 12.4. The standard InChI is InChI=1S/C15H26N2O2S/c1-11(2)16-7-6-8-17-20(18,19)15-13(4)9-12(3)10-14(15)5/h9-11,16-17H,6-8H2,1-5H3. The first-order valence-electron chi connectivity index (χ1n) is 7.05. The second kappa shape index (κ2) is 7.20. The van der Waals surface area contributed by atoms with Gasteiger partial charge in [0.2, 0.25) is 10.0 Å². The van der Waals surface area contributed by atoms with Crippen molar-refractivity contribution in [1.29, 1.82) is 0 Å². The van der Waals surface area contributed by atoms with E-state index in [9.17, 15) is 8.42 Å². The molecule has 0 amide bonds. The summed E-state index contributed by atoms with van der Waals surface area (Å²) in [6.07, 6.45) is 0.779. The molecule has 2 N–H and O–H groups in total. The number of benzene rings is 1. The fourth-order valence-corrected chi connectivity index (χ4v) is 3.87. The summed E-state index contributed by atoms with van der Waals surface area (Å²) in [6.45, 7) is 11.1. The minimum atomic E-state index is -3.42. The Labute approximate surface area is 123 Å². The zero-order chi connectivity index (χ0) is 15.3. The Hall–Kier alpha value is -0.910. The Morgan fingerprint density at radius 3 is 2.10 bits per heavy atom. The van der Waals surface area contributed by atoms with Crippen LogP contribution >= 0.6 is 0 Å². The zero-order valence-corrected chi connectivity index (χ0v) is 13.9. The van der Waals surface area contributed by atoms with Crippen LogP contribution in [0.4, 0.5) is 0 Å². The van der Waals surface area contributed by atoms with Crippen molar-refractivity contribution in [2.24, 2.45) is 0 Å². The normalized spacial score (nSPS) is 12.1. The van der Waals surface area contributed by atoms with Crippen LogP contribution in [-0.4, -0.2) is 27.5 Å². The third kappa shape index (κ3) is 4.89. The van der Waals surface area contributed by atoms with E-state index in [0.29, 0.717) is 17.5 Å². The molecule has 0 radical (unpaired) electrons. The SMILES string of the molecule is Cc1cc(C)c(S(=O)(=O)NCCCNC(C)C)c(C)c1. The molecule has 114 valence electrons. The van der Waals surface area contributed by atoms with Crippen LogP contribution in [0, 0.1) is 20.8 Å². The van der Waals surface area contributed by atoms with Crippen LogP contribution in [-0.2, 0) is 10.0 Å². The van der Waals surface area contributed by atoms with E-state index < -0.39 is 10.0 Å². The van der Waals surface area contributed by atoms with E-state index >= 15 is 0 Å². The molecule has 0 heterocycles. The highest BCUT2D eigenvalue weighted by Crippen LogP contribution is 2.21. The van der Waals surface area contributed by atoms with Gasteiger partial charge in [-0.05, 0) is 44.9 Å². The molecule has 0 aliphatic heterocycles. The van der Waals surface area contributed by atoms with E-state index in [0.717, 1.165) is 29.7 Å². The summed E-state index contributed by atoms with van der Waals surface area (Å²) in [5, 5.41) is 3.27. The fraction of sp³-hybridized carbons (Fsp3) is 0.600. The van der Waals surface area contributed by atoms with Gasteiger partial charge in [0.25, 0.3) is 0 Å². The molecule has 0 aliphatic rings. The number of sulfonamides is 1. The lowest BCUT2D eigenvalue weighted by Gasteiger charge is -2.13. The number of nitrogens with one attached hydrogen (secondary N) is 2. The molecule has 0 saturated heterocycles. The highest BCUT2D eigenvalue weighted by molar-refractivity contribution is 7.89. The van der Waals surface area contributed by atoms with Crippen molar-refractivity contribution in [3.05, 3.63) is 28.8 Å². The van der Waals surface area contributed by atoms with E-state index in [1.165, 1.54) is 0 Å². The van der Waals surface area contributed by atoms with Crippen LogP contribution in [0.25, 0.3) is 0 Å². The van der Waals surface area contributed by atoms with Gasteiger partial charge >= 0.3 is 0 Å². The Balaban J connectivity index is 2.70. The van der Waals surface area contributed by atoms with E-state index in [4.69, 9.17) is 0 Å². The third-order valence-electron chi connectivity index (χ3n) is 3.07. The van der Waals surface area contributed by atoms with Crippen molar-refractivity contribution in [1.82, 2.24) is 10.0 Å². The maximum atomic E-state index is 12.4. The smallest absolute Gasteiger partial charge is 0.241 e. The topological polar surface area (TPSA) is 58.2 Å². The molecule has 20 heavy (non-hydrogen) atoms. The molecular weight excluding hydrogens is 272 g/mol. The highest BCUT2D eigenvalue weighted by atomic mass is 32.2. The van der Waals surface area contributed by atoms with Gasteiger partial charge in [-0.3, -0.25) is 0 Å². The van der Waals surface area contributed by atoms with Crippen LogP contribution in [0.15, 0.2) is 17.0 Å². The van der Waals surface area contributed by atoms with Crippen molar-refractivity contribution in [2.45, 2.75) is 52.0 Å². The molecule has 4 nitrogen and oxygen atoms in total. The van der Waals surface area contributed by atoms with E-state index in [2.05, 4.69) is 23.9 Å². The molecule has 0 saturated carbocycles. The van der Waals surface area contributed by atoms with Crippen molar-refractivity contribution < 1.29 is 8.42 Å². The van der Waals surface area contributed by atoms with Crippen molar-refractivity contribution in [3.63, 3.8) is 0 Å². The molecule has 1 rings (SSSR count). The summed E-state index contributed by atoms with van der Waals surface area (Å²) >= 11 is 0. The van der Waals surface area contributed by atoms with Gasteiger partial charge in [-0.1, -0.05) is 31.5 Å². The molecule has 1 aromatic rings. The first kappa shape index (κ1) is 17.1. The lowest BCUT2D eigenvalue weighted by molar-refractivity contribution is 0.554. The van der Waals surface area contributed by atoms with Gasteiger partial charge in [-0.15, -0.1) is 0 Å². The van der Waals surface area contributed by atoms with Gasteiger partial charge in [-0.25, -0.2) is 13.1 Å². The average molecular weight is 298 g/mol. The van der Waals surface area contributed by atoms with Gasteiger partial charge in [0, 0.05) is 12.6 Å². The molecule has 0 aromatic heterocycles. The Kier molecular flexibility index (Phi) is 6.17. The van der Waals surface area contributed by atoms with Crippen LogP contribution < -0.4 is 10.0 Å². The molecule has 1 aromatic carbocycles. The zero-order valence-electron chi connectivity index (χ0n) is 13.1. The number of hydrogen-bond donors (Lipinski definition) is 2. The first-order valence-corrected chi connectivity index (χ1v) is 8.53. The maximum Gasteiger partial charge on any atom is 0.241 e. The summed E-state index contributed by atoms with van der Waals surface area (Å²) in [5.74, 6) is 0. The van der Waals surface area contributed by atoms with Crippen molar-refractivity contribution in [3.8, 4) is 0 Å². The molecule has 0 atom stereocenters. The Morgan fingerprint density at radius 1 is 1.05 bits per heavy atom. The molecule has 0 bridgehead atoms. The van der Waals surface area contributed by atoms with Crippen molar-refractivity contribution >= 4 is 10.0 Å². The minimum absolute atomic E-state index is 0.417. The van der Waals surface area contributed by atoms with Gasteiger partial charge in [-0.2, -0.15) is 0 Å². The summed E-state index contributed by atoms with van der Waals surface area (Å²) in [4.78, 5) is 0.417. The third-order valence-corrected chi connectivity index (χ3v) is 4.84. The van der Waals surface area contributed by atoms with Crippen LogP contribution in [0.5, 0.6) is 0 Å². The second-order valence-corrected chi connectivity index (χ2v) is 7.29. The molecular formula is C15H26N2O2S. The molecule has 0 unspecified atom stereocenters. The number of rotatable bonds is 7. The summed E-state index contributed by atoms with van der Waals surface area (Å²) < 4.78 is 27.4. The van der Waals surface area contributed by atoms with Gasteiger partial charge < -0.3 is 5.32 Å². The lowest BCUT2D eigenvalue weighted by atomic mass is 10.1. The van der Waals surface area contributed by atoms with E-state index in [1.54, 1.807) is 0 Å². The van der Waals surface area contributed by atoms with E-state index in [-0.39, 0.29) is 0 Å². The summed E-state index contributed by atoms with van der Waals surface area (Å²) in [7, 11) is -3.42. The Bertz CT molecular complexity index is 528. The monoisotopic (exact) mass is 298 g/mol. The molecule has 0 fully saturated rings. The Morgan fingerprint density at radius 2 is 1.60 bits per heavy atom. The van der Waals surface area contributed by atoms with Crippen LogP contribution in [0.1, 0.15) is 37.0 Å². The highest BCUT2D eigenvalue weighted by Gasteiger charge is 2.19. The first-order chi connectivity index (χ1) is 9.24. The summed E-state index contributed by atoms with van der Waals surface area (Å²) in [6, 6.07) is 4.23. The molecule has 0 spiro atoms. The predicted molar refractivity (Wildman–Crippen MR) is 83.6 cm³/mol. The van der Waals surface area contributed by atoms with Crippen LogP contribution in [0.3, 0.4) is 0 Å². The average Bonchev–Trinajstić information content (AvgIpc) is 2.25. The molecule has 5 heteroatoms. The largest absolute Gasteiger partial charge is 0.314 e. The van der Waals surface area contributed by atoms with Gasteiger partial charge in [0.1, 0.15) is 0 Å². The quantitative estimate of drug-likeness (QED) is 0.759. The lowest BCUT2D eigenvalue weighted by Crippen LogP contribution is -2.30. The van der Waals surface area contributed by atoms with E-state index in [1.807, 2.05) is 32.9 Å². The number of hydrogen-bond acceptors (Lipinski definition) is 3. The fourth-order valence-electron chi connectivity index (χ4n) is 2.35. The second-order valence-electron chi connectivity index (χ2n) is 5.59. The minimum Gasteiger partial charge on any atom is -0.314 e. The van der Waals surface area contributed by atoms with Gasteiger partial charge in [0.05, 0.1) is 4.90 Å². The van der Waals surface area contributed by atoms with Crippen molar-refractivity contribution in [2.75, 3.05) is 13.1 Å².